The fourth-order valence-corrected chi connectivity index (χ4v) is 2.65. The van der Waals surface area contributed by atoms with Gasteiger partial charge in [-0.1, -0.05) is 42.5 Å². The van der Waals surface area contributed by atoms with Gasteiger partial charge in [-0.25, -0.2) is 4.79 Å². The number of nitrogens with zero attached hydrogens (tertiary/aromatic N) is 1. The average Bonchev–Trinajstić information content (AvgIpc) is 2.99. The zero-order chi connectivity index (χ0) is 18.5. The molecule has 0 radical (unpaired) electrons. The number of imide groups is 1. The van der Waals surface area contributed by atoms with Crippen LogP contribution in [-0.2, 0) is 20.9 Å². The van der Waals surface area contributed by atoms with Crippen LogP contribution < -0.4 is 0 Å². The minimum Gasteiger partial charge on any atom is -0.454 e. The van der Waals surface area contributed by atoms with Gasteiger partial charge in [0, 0.05) is 18.4 Å². The Morgan fingerprint density at radius 1 is 0.846 bits per heavy atom. The minimum atomic E-state index is -0.603. The molecule has 0 saturated carbocycles. The van der Waals surface area contributed by atoms with Crippen molar-refractivity contribution in [3.05, 3.63) is 71.3 Å². The molecular formula is C20H17NO5. The summed E-state index contributed by atoms with van der Waals surface area (Å²) in [5.74, 6) is -1.24. The van der Waals surface area contributed by atoms with Gasteiger partial charge in [-0.2, -0.15) is 0 Å². The number of hydrogen-bond acceptors (Lipinski definition) is 5. The first-order valence-electron chi connectivity index (χ1n) is 8.22. The molecule has 0 unspecified atom stereocenters. The molecule has 2 aromatic rings. The molecule has 2 aromatic carbocycles. The summed E-state index contributed by atoms with van der Waals surface area (Å²) < 4.78 is 5.04. The molecule has 0 aromatic heterocycles. The molecule has 0 bridgehead atoms. The third kappa shape index (κ3) is 4.03. The zero-order valence-corrected chi connectivity index (χ0v) is 14.0. The highest BCUT2D eigenvalue weighted by molar-refractivity contribution is 6.02. The molecule has 26 heavy (non-hydrogen) atoms. The summed E-state index contributed by atoms with van der Waals surface area (Å²) in [5.41, 5.74) is 1.52. The van der Waals surface area contributed by atoms with Crippen molar-refractivity contribution in [2.45, 2.75) is 19.4 Å². The average molecular weight is 351 g/mol. The standard InChI is InChI=1S/C20H17NO5/c22-17(15-4-2-1-3-5-15)13-26-20(25)16-8-6-14(7-9-16)12-21-18(23)10-11-19(21)24/h1-9H,10-13H2. The van der Waals surface area contributed by atoms with Crippen LogP contribution >= 0.6 is 0 Å². The number of hydrogen-bond donors (Lipinski definition) is 0. The van der Waals surface area contributed by atoms with Gasteiger partial charge in [-0.15, -0.1) is 0 Å². The maximum atomic E-state index is 12.0. The number of carbonyl (C=O) groups is 4. The number of ketones is 1. The summed E-state index contributed by atoms with van der Waals surface area (Å²) in [6, 6.07) is 15.0. The summed E-state index contributed by atoms with van der Waals surface area (Å²) in [7, 11) is 0. The Morgan fingerprint density at radius 2 is 1.46 bits per heavy atom. The lowest BCUT2D eigenvalue weighted by atomic mass is 10.1. The van der Waals surface area contributed by atoms with Crippen molar-refractivity contribution in [3.63, 3.8) is 0 Å². The number of ether oxygens (including phenoxy) is 1. The van der Waals surface area contributed by atoms with Crippen LogP contribution in [0.25, 0.3) is 0 Å². The second-order valence-corrected chi connectivity index (χ2v) is 5.94. The molecule has 1 saturated heterocycles. The highest BCUT2D eigenvalue weighted by atomic mass is 16.5. The van der Waals surface area contributed by atoms with E-state index in [9.17, 15) is 19.2 Å². The van der Waals surface area contributed by atoms with E-state index in [1.165, 1.54) is 4.90 Å². The van der Waals surface area contributed by atoms with E-state index in [4.69, 9.17) is 4.74 Å². The topological polar surface area (TPSA) is 80.8 Å². The van der Waals surface area contributed by atoms with Crippen LogP contribution in [0.15, 0.2) is 54.6 Å². The first-order valence-corrected chi connectivity index (χ1v) is 8.22. The molecule has 0 aliphatic carbocycles. The Bertz CT molecular complexity index is 826. The molecule has 1 fully saturated rings. The predicted molar refractivity (Wildman–Crippen MR) is 92.3 cm³/mol. The summed E-state index contributed by atoms with van der Waals surface area (Å²) in [5, 5.41) is 0. The highest BCUT2D eigenvalue weighted by Gasteiger charge is 2.28. The molecule has 0 atom stereocenters. The molecule has 1 aliphatic heterocycles. The third-order valence-corrected chi connectivity index (χ3v) is 4.12. The molecule has 6 nitrogen and oxygen atoms in total. The summed E-state index contributed by atoms with van der Waals surface area (Å²) >= 11 is 0. The molecular weight excluding hydrogens is 334 g/mol. The van der Waals surface area contributed by atoms with E-state index in [0.29, 0.717) is 11.1 Å². The fraction of sp³-hybridized carbons (Fsp3) is 0.200. The lowest BCUT2D eigenvalue weighted by Crippen LogP contribution is -2.28. The molecule has 0 N–H and O–H groups in total. The second kappa shape index (κ2) is 7.74. The fourth-order valence-electron chi connectivity index (χ4n) is 2.65. The predicted octanol–water partition coefficient (Wildman–Crippen LogP) is 2.38. The number of rotatable bonds is 6. The van der Waals surface area contributed by atoms with Crippen molar-refractivity contribution in [2.24, 2.45) is 0 Å². The van der Waals surface area contributed by atoms with Gasteiger partial charge in [-0.3, -0.25) is 19.3 Å². The maximum absolute atomic E-state index is 12.0. The van der Waals surface area contributed by atoms with Gasteiger partial charge in [0.25, 0.3) is 0 Å². The Hall–Kier alpha value is -3.28. The Labute approximate surface area is 150 Å². The number of Topliss-reactive ketones (excluding diaryl/α,β-unsaturated/α-hetero) is 1. The van der Waals surface area contributed by atoms with Crippen molar-refractivity contribution in [2.75, 3.05) is 6.61 Å². The van der Waals surface area contributed by atoms with Gasteiger partial charge in [0.05, 0.1) is 12.1 Å². The van der Waals surface area contributed by atoms with Crippen LogP contribution in [0.2, 0.25) is 0 Å². The van der Waals surface area contributed by atoms with E-state index in [-0.39, 0.29) is 43.6 Å². The SMILES string of the molecule is O=C(COC(=O)c1ccc(CN2C(=O)CCC2=O)cc1)c1ccccc1. The molecule has 3 rings (SSSR count). The molecule has 2 amide bonds. The van der Waals surface area contributed by atoms with Gasteiger partial charge < -0.3 is 4.74 Å². The Morgan fingerprint density at radius 3 is 2.08 bits per heavy atom. The van der Waals surface area contributed by atoms with Gasteiger partial charge >= 0.3 is 5.97 Å². The first kappa shape index (κ1) is 17.5. The Kier molecular flexibility index (Phi) is 5.22. The number of benzene rings is 2. The van der Waals surface area contributed by atoms with Crippen LogP contribution in [0.4, 0.5) is 0 Å². The van der Waals surface area contributed by atoms with Crippen molar-refractivity contribution in [3.8, 4) is 0 Å². The van der Waals surface area contributed by atoms with E-state index in [1.54, 1.807) is 54.6 Å². The lowest BCUT2D eigenvalue weighted by Gasteiger charge is -2.13. The lowest BCUT2D eigenvalue weighted by molar-refractivity contribution is -0.139. The Balaban J connectivity index is 1.56. The molecule has 0 spiro atoms. The monoisotopic (exact) mass is 351 g/mol. The minimum absolute atomic E-state index is 0.182. The third-order valence-electron chi connectivity index (χ3n) is 4.12. The largest absolute Gasteiger partial charge is 0.454 e. The quantitative estimate of drug-likeness (QED) is 0.453. The molecule has 1 aliphatic rings. The summed E-state index contributed by atoms with van der Waals surface area (Å²) in [4.78, 5) is 48.5. The van der Waals surface area contributed by atoms with Crippen molar-refractivity contribution >= 4 is 23.6 Å². The van der Waals surface area contributed by atoms with Crippen LogP contribution in [-0.4, -0.2) is 35.1 Å². The number of esters is 1. The van der Waals surface area contributed by atoms with Gasteiger partial charge in [0.1, 0.15) is 0 Å². The summed E-state index contributed by atoms with van der Waals surface area (Å²) in [6.45, 7) is -0.138. The van der Waals surface area contributed by atoms with Crippen LogP contribution in [0.5, 0.6) is 0 Å². The maximum Gasteiger partial charge on any atom is 0.338 e. The summed E-state index contributed by atoms with van der Waals surface area (Å²) in [6.07, 6.45) is 0.497. The highest BCUT2D eigenvalue weighted by Crippen LogP contribution is 2.16. The van der Waals surface area contributed by atoms with E-state index in [2.05, 4.69) is 0 Å². The van der Waals surface area contributed by atoms with Gasteiger partial charge in [0.15, 0.2) is 12.4 Å². The van der Waals surface area contributed by atoms with Crippen molar-refractivity contribution in [1.82, 2.24) is 4.90 Å². The van der Waals surface area contributed by atoms with Crippen LogP contribution in [0, 0.1) is 0 Å². The van der Waals surface area contributed by atoms with Crippen LogP contribution in [0.1, 0.15) is 39.1 Å². The van der Waals surface area contributed by atoms with E-state index in [0.717, 1.165) is 5.56 Å². The van der Waals surface area contributed by atoms with E-state index >= 15 is 0 Å². The molecule has 132 valence electrons. The zero-order valence-electron chi connectivity index (χ0n) is 14.0. The normalized spacial score (nSPS) is 13.8. The second-order valence-electron chi connectivity index (χ2n) is 5.94. The number of likely N-dealkylation sites (tertiary alicyclic amines) is 1. The number of carbonyl (C=O) groups excluding carboxylic acids is 4. The van der Waals surface area contributed by atoms with E-state index < -0.39 is 5.97 Å². The molecule has 6 heteroatoms. The van der Waals surface area contributed by atoms with E-state index in [1.807, 2.05) is 0 Å². The van der Waals surface area contributed by atoms with Crippen molar-refractivity contribution in [1.29, 1.82) is 0 Å². The van der Waals surface area contributed by atoms with Gasteiger partial charge in [0.2, 0.25) is 11.8 Å². The van der Waals surface area contributed by atoms with Gasteiger partial charge in [-0.05, 0) is 17.7 Å². The molecule has 1 heterocycles. The number of amides is 2. The van der Waals surface area contributed by atoms with Crippen LogP contribution in [0.3, 0.4) is 0 Å². The van der Waals surface area contributed by atoms with Crippen molar-refractivity contribution < 1.29 is 23.9 Å². The first-order chi connectivity index (χ1) is 12.5. The smallest absolute Gasteiger partial charge is 0.338 e.